The summed E-state index contributed by atoms with van der Waals surface area (Å²) in [5.41, 5.74) is 3.03. The van der Waals surface area contributed by atoms with Gasteiger partial charge in [0.25, 0.3) is 5.91 Å². The van der Waals surface area contributed by atoms with Gasteiger partial charge in [0, 0.05) is 25.3 Å². The second kappa shape index (κ2) is 10.1. The minimum Gasteiger partial charge on any atom is -0.487 e. The third kappa shape index (κ3) is 5.85. The minimum atomic E-state index is -0.195. The quantitative estimate of drug-likeness (QED) is 0.596. The molecule has 0 aliphatic rings. The molecule has 0 saturated heterocycles. The van der Waals surface area contributed by atoms with Gasteiger partial charge < -0.3 is 20.3 Å². The third-order valence-corrected chi connectivity index (χ3v) is 4.39. The lowest BCUT2D eigenvalue weighted by Gasteiger charge is -2.13. The van der Waals surface area contributed by atoms with E-state index in [1.807, 2.05) is 48.5 Å². The molecule has 3 aromatic rings. The molecule has 0 radical (unpaired) electrons. The van der Waals surface area contributed by atoms with E-state index in [9.17, 15) is 9.59 Å². The van der Waals surface area contributed by atoms with Crippen molar-refractivity contribution in [2.45, 2.75) is 6.61 Å². The van der Waals surface area contributed by atoms with Crippen LogP contribution in [0.4, 0.5) is 11.4 Å². The highest BCUT2D eigenvalue weighted by atomic mass is 16.5. The van der Waals surface area contributed by atoms with E-state index in [1.54, 1.807) is 44.4 Å². The molecule has 0 bridgehead atoms. The Morgan fingerprint density at radius 3 is 2.23 bits per heavy atom. The van der Waals surface area contributed by atoms with Crippen molar-refractivity contribution < 1.29 is 14.3 Å². The van der Waals surface area contributed by atoms with Crippen LogP contribution in [0.5, 0.6) is 5.75 Å². The van der Waals surface area contributed by atoms with Crippen molar-refractivity contribution in [2.24, 2.45) is 0 Å². The maximum Gasteiger partial charge on any atom is 0.253 e. The topological polar surface area (TPSA) is 70.7 Å². The Balaban J connectivity index is 1.54. The molecular weight excluding hydrogens is 378 g/mol. The molecule has 0 aliphatic carbocycles. The Bertz CT molecular complexity index is 986. The predicted octanol–water partition coefficient (Wildman–Crippen LogP) is 4.02. The van der Waals surface area contributed by atoms with Crippen LogP contribution in [-0.2, 0) is 11.4 Å². The Labute approximate surface area is 176 Å². The van der Waals surface area contributed by atoms with Gasteiger partial charge in [-0.2, -0.15) is 0 Å². The largest absolute Gasteiger partial charge is 0.487 e. The molecule has 2 amide bonds. The van der Waals surface area contributed by atoms with E-state index in [2.05, 4.69) is 10.6 Å². The molecule has 0 spiro atoms. The van der Waals surface area contributed by atoms with Crippen molar-refractivity contribution in [1.29, 1.82) is 0 Å². The van der Waals surface area contributed by atoms with Gasteiger partial charge in [-0.3, -0.25) is 9.59 Å². The Kier molecular flexibility index (Phi) is 7.05. The van der Waals surface area contributed by atoms with Crippen LogP contribution in [0.2, 0.25) is 0 Å². The lowest BCUT2D eigenvalue weighted by Crippen LogP contribution is -2.23. The maximum absolute atomic E-state index is 12.4. The highest BCUT2D eigenvalue weighted by Gasteiger charge is 2.09. The third-order valence-electron chi connectivity index (χ3n) is 4.39. The summed E-state index contributed by atoms with van der Waals surface area (Å²) in [5.74, 6) is 0.354. The molecule has 6 heteroatoms. The predicted molar refractivity (Wildman–Crippen MR) is 119 cm³/mol. The average molecular weight is 403 g/mol. The van der Waals surface area contributed by atoms with Crippen LogP contribution in [-0.4, -0.2) is 37.4 Å². The zero-order chi connectivity index (χ0) is 21.3. The summed E-state index contributed by atoms with van der Waals surface area (Å²) in [6.45, 7) is 0.512. The van der Waals surface area contributed by atoms with Gasteiger partial charge in [-0.25, -0.2) is 0 Å². The summed E-state index contributed by atoms with van der Waals surface area (Å²) in [7, 11) is 3.42. The number of anilines is 2. The van der Waals surface area contributed by atoms with Gasteiger partial charge in [0.2, 0.25) is 5.91 Å². The summed E-state index contributed by atoms with van der Waals surface area (Å²) in [4.78, 5) is 25.8. The van der Waals surface area contributed by atoms with Gasteiger partial charge in [-0.15, -0.1) is 0 Å². The fourth-order valence-corrected chi connectivity index (χ4v) is 2.80. The van der Waals surface area contributed by atoms with Gasteiger partial charge in [-0.1, -0.05) is 42.5 Å². The Morgan fingerprint density at radius 1 is 0.867 bits per heavy atom. The van der Waals surface area contributed by atoms with Crippen LogP contribution in [0.3, 0.4) is 0 Å². The van der Waals surface area contributed by atoms with Crippen LogP contribution in [0.15, 0.2) is 78.9 Å². The Hall–Kier alpha value is -3.80. The number of amides is 2. The second-order valence-electron chi connectivity index (χ2n) is 6.95. The molecule has 0 fully saturated rings. The number of hydrogen-bond donors (Lipinski definition) is 2. The average Bonchev–Trinajstić information content (AvgIpc) is 2.77. The number of carbonyl (C=O) groups excluding carboxylic acids is 2. The molecule has 0 saturated carbocycles. The molecule has 0 unspecified atom stereocenters. The van der Waals surface area contributed by atoms with E-state index in [0.29, 0.717) is 23.6 Å². The van der Waals surface area contributed by atoms with E-state index in [0.717, 1.165) is 11.3 Å². The van der Waals surface area contributed by atoms with E-state index in [4.69, 9.17) is 4.74 Å². The van der Waals surface area contributed by atoms with E-state index >= 15 is 0 Å². The Morgan fingerprint density at radius 2 is 1.53 bits per heavy atom. The first kappa shape index (κ1) is 20.9. The summed E-state index contributed by atoms with van der Waals surface area (Å²) in [6, 6.07) is 24.2. The lowest BCUT2D eigenvalue weighted by molar-refractivity contribution is -0.114. The number of nitrogens with zero attached hydrogens (tertiary/aromatic N) is 1. The number of ether oxygens (including phenoxy) is 1. The fraction of sp³-hybridized carbons (Fsp3) is 0.167. The number of hydrogen-bond acceptors (Lipinski definition) is 4. The molecule has 154 valence electrons. The first-order valence-corrected chi connectivity index (χ1v) is 9.64. The highest BCUT2D eigenvalue weighted by molar-refractivity contribution is 5.96. The SMILES string of the molecule is CN(C)C(=O)c1ccc(NCC(=O)Nc2ccccc2OCc2ccccc2)cc1. The molecule has 2 N–H and O–H groups in total. The highest BCUT2D eigenvalue weighted by Crippen LogP contribution is 2.24. The fourth-order valence-electron chi connectivity index (χ4n) is 2.80. The van der Waals surface area contributed by atoms with Crippen LogP contribution in [0.1, 0.15) is 15.9 Å². The molecule has 30 heavy (non-hydrogen) atoms. The summed E-state index contributed by atoms with van der Waals surface area (Å²) in [6.07, 6.45) is 0. The number of carbonyl (C=O) groups is 2. The summed E-state index contributed by atoms with van der Waals surface area (Å²) < 4.78 is 5.87. The van der Waals surface area contributed by atoms with Crippen molar-refractivity contribution in [3.05, 3.63) is 90.0 Å². The second-order valence-corrected chi connectivity index (χ2v) is 6.95. The molecule has 0 aromatic heterocycles. The van der Waals surface area contributed by atoms with Gasteiger partial charge in [-0.05, 0) is 42.0 Å². The molecule has 6 nitrogen and oxygen atoms in total. The van der Waals surface area contributed by atoms with E-state index < -0.39 is 0 Å². The molecule has 0 heterocycles. The van der Waals surface area contributed by atoms with Crippen LogP contribution < -0.4 is 15.4 Å². The van der Waals surface area contributed by atoms with E-state index in [1.165, 1.54) is 4.90 Å². The molecule has 0 atom stereocenters. The molecule has 3 rings (SSSR count). The van der Waals surface area contributed by atoms with Gasteiger partial charge in [0.15, 0.2) is 0 Å². The first-order chi connectivity index (χ1) is 14.5. The summed E-state index contributed by atoms with van der Waals surface area (Å²) >= 11 is 0. The lowest BCUT2D eigenvalue weighted by atomic mass is 10.2. The normalized spacial score (nSPS) is 10.2. The van der Waals surface area contributed by atoms with Crippen LogP contribution in [0.25, 0.3) is 0 Å². The standard InChI is InChI=1S/C24H25N3O3/c1-27(2)24(29)19-12-14-20(15-13-19)25-16-23(28)26-21-10-6-7-11-22(21)30-17-18-8-4-3-5-9-18/h3-15,25H,16-17H2,1-2H3,(H,26,28). The van der Waals surface area contributed by atoms with E-state index in [-0.39, 0.29) is 18.4 Å². The number of nitrogens with one attached hydrogen (secondary N) is 2. The smallest absolute Gasteiger partial charge is 0.253 e. The molecule has 3 aromatic carbocycles. The van der Waals surface area contributed by atoms with Crippen molar-refractivity contribution in [3.63, 3.8) is 0 Å². The number of para-hydroxylation sites is 2. The summed E-state index contributed by atoms with van der Waals surface area (Å²) in [5, 5.41) is 5.93. The zero-order valence-corrected chi connectivity index (χ0v) is 17.1. The van der Waals surface area contributed by atoms with Gasteiger partial charge >= 0.3 is 0 Å². The van der Waals surface area contributed by atoms with Crippen molar-refractivity contribution in [1.82, 2.24) is 4.90 Å². The molecule has 0 aliphatic heterocycles. The van der Waals surface area contributed by atoms with Crippen molar-refractivity contribution >= 4 is 23.2 Å². The van der Waals surface area contributed by atoms with Gasteiger partial charge in [0.1, 0.15) is 12.4 Å². The van der Waals surface area contributed by atoms with Crippen molar-refractivity contribution in [3.8, 4) is 5.75 Å². The van der Waals surface area contributed by atoms with Gasteiger partial charge in [0.05, 0.1) is 12.2 Å². The number of benzene rings is 3. The maximum atomic E-state index is 12.4. The number of rotatable bonds is 8. The zero-order valence-electron chi connectivity index (χ0n) is 17.1. The first-order valence-electron chi connectivity index (χ1n) is 9.64. The van der Waals surface area contributed by atoms with Crippen LogP contribution in [0, 0.1) is 0 Å². The van der Waals surface area contributed by atoms with Crippen LogP contribution >= 0.6 is 0 Å². The monoisotopic (exact) mass is 403 g/mol. The van der Waals surface area contributed by atoms with Crippen molar-refractivity contribution in [2.75, 3.05) is 31.3 Å². The minimum absolute atomic E-state index is 0.0635. The molecular formula is C24H25N3O3.